The normalized spacial score (nSPS) is 9.31. The minimum atomic E-state index is -0.105. The van der Waals surface area contributed by atoms with E-state index in [1.165, 1.54) is 0 Å². The lowest BCUT2D eigenvalue weighted by molar-refractivity contribution is -0.116. The smallest absolute Gasteiger partial charge is 0.225 e. The third kappa shape index (κ3) is 3.59. The molecule has 0 atom stereocenters. The molecule has 0 aliphatic heterocycles. The van der Waals surface area contributed by atoms with Crippen molar-refractivity contribution in [2.24, 2.45) is 0 Å². The predicted molar refractivity (Wildman–Crippen MR) is 67.4 cm³/mol. The van der Waals surface area contributed by atoms with Crippen molar-refractivity contribution in [3.8, 4) is 18.1 Å². The van der Waals surface area contributed by atoms with E-state index in [-0.39, 0.29) is 5.91 Å². The van der Waals surface area contributed by atoms with Gasteiger partial charge >= 0.3 is 0 Å². The topological polar surface area (TPSA) is 38.3 Å². The second-order valence-corrected chi connectivity index (χ2v) is 3.95. The Morgan fingerprint density at radius 1 is 1.62 bits per heavy atom. The van der Waals surface area contributed by atoms with Crippen molar-refractivity contribution in [2.75, 3.05) is 12.4 Å². The van der Waals surface area contributed by atoms with Crippen LogP contribution in [0, 0.1) is 12.3 Å². The van der Waals surface area contributed by atoms with Crippen LogP contribution in [-0.2, 0) is 4.79 Å². The first-order valence-corrected chi connectivity index (χ1v) is 5.53. The van der Waals surface area contributed by atoms with E-state index < -0.39 is 0 Å². The Balaban J connectivity index is 2.72. The first-order valence-electron chi connectivity index (χ1n) is 4.74. The third-order valence-electron chi connectivity index (χ3n) is 1.94. The average Bonchev–Trinajstić information content (AvgIpc) is 2.29. The van der Waals surface area contributed by atoms with E-state index in [4.69, 9.17) is 11.2 Å². The zero-order valence-electron chi connectivity index (χ0n) is 8.92. The highest BCUT2D eigenvalue weighted by atomic mass is 79.9. The standard InChI is InChI=1S/C12H12BrNO2/c1-3-4-5-12(15)14-11-8-9(16-2)6-7-10(11)13/h1,6-8H,4-5H2,2H3,(H,14,15). The minimum Gasteiger partial charge on any atom is -0.497 e. The van der Waals surface area contributed by atoms with E-state index in [1.807, 2.05) is 6.07 Å². The minimum absolute atomic E-state index is 0.105. The van der Waals surface area contributed by atoms with E-state index in [0.29, 0.717) is 24.3 Å². The summed E-state index contributed by atoms with van der Waals surface area (Å²) in [4.78, 5) is 11.5. The van der Waals surface area contributed by atoms with Crippen LogP contribution >= 0.6 is 15.9 Å². The van der Waals surface area contributed by atoms with Gasteiger partial charge in [0.15, 0.2) is 0 Å². The van der Waals surface area contributed by atoms with Gasteiger partial charge in [0.05, 0.1) is 12.8 Å². The van der Waals surface area contributed by atoms with E-state index in [2.05, 4.69) is 27.2 Å². The lowest BCUT2D eigenvalue weighted by Crippen LogP contribution is -2.11. The van der Waals surface area contributed by atoms with Gasteiger partial charge in [-0.25, -0.2) is 0 Å². The zero-order valence-corrected chi connectivity index (χ0v) is 10.5. The van der Waals surface area contributed by atoms with Crippen molar-refractivity contribution >= 4 is 27.5 Å². The SMILES string of the molecule is C#CCCC(=O)Nc1cc(OC)ccc1Br. The van der Waals surface area contributed by atoms with E-state index >= 15 is 0 Å². The van der Waals surface area contributed by atoms with Crippen molar-refractivity contribution < 1.29 is 9.53 Å². The van der Waals surface area contributed by atoms with Crippen molar-refractivity contribution in [2.45, 2.75) is 12.8 Å². The number of ether oxygens (including phenoxy) is 1. The van der Waals surface area contributed by atoms with Gasteiger partial charge in [-0.3, -0.25) is 4.79 Å². The molecule has 0 saturated carbocycles. The fourth-order valence-corrected chi connectivity index (χ4v) is 1.47. The van der Waals surface area contributed by atoms with Gasteiger partial charge in [-0.2, -0.15) is 0 Å². The molecule has 0 fully saturated rings. The Labute approximate surface area is 103 Å². The van der Waals surface area contributed by atoms with Gasteiger partial charge in [-0.1, -0.05) is 0 Å². The maximum absolute atomic E-state index is 11.5. The average molecular weight is 282 g/mol. The molecule has 16 heavy (non-hydrogen) atoms. The molecular weight excluding hydrogens is 270 g/mol. The van der Waals surface area contributed by atoms with Crippen LogP contribution in [0.5, 0.6) is 5.75 Å². The molecule has 1 amide bonds. The lowest BCUT2D eigenvalue weighted by atomic mass is 10.2. The van der Waals surface area contributed by atoms with Gasteiger partial charge in [-0.05, 0) is 28.1 Å². The van der Waals surface area contributed by atoms with Crippen molar-refractivity contribution in [3.63, 3.8) is 0 Å². The second kappa shape index (κ2) is 6.19. The molecule has 0 spiro atoms. The summed E-state index contributed by atoms with van der Waals surface area (Å²) in [6.45, 7) is 0. The zero-order chi connectivity index (χ0) is 12.0. The number of carbonyl (C=O) groups is 1. The largest absolute Gasteiger partial charge is 0.497 e. The monoisotopic (exact) mass is 281 g/mol. The van der Waals surface area contributed by atoms with E-state index in [1.54, 1.807) is 19.2 Å². The summed E-state index contributed by atoms with van der Waals surface area (Å²) < 4.78 is 5.88. The Bertz CT molecular complexity index is 424. The summed E-state index contributed by atoms with van der Waals surface area (Å²) >= 11 is 3.35. The molecule has 0 aliphatic carbocycles. The summed E-state index contributed by atoms with van der Waals surface area (Å²) in [5.41, 5.74) is 0.682. The van der Waals surface area contributed by atoms with Crippen LogP contribution in [0.4, 0.5) is 5.69 Å². The maximum Gasteiger partial charge on any atom is 0.225 e. The summed E-state index contributed by atoms with van der Waals surface area (Å²) in [5, 5.41) is 2.76. The molecule has 84 valence electrons. The number of terminal acetylenes is 1. The van der Waals surface area contributed by atoms with Gasteiger partial charge in [0.1, 0.15) is 5.75 Å². The number of hydrogen-bond donors (Lipinski definition) is 1. The fraction of sp³-hybridized carbons (Fsp3) is 0.250. The molecule has 1 aromatic carbocycles. The first kappa shape index (κ1) is 12.6. The molecule has 0 bridgehead atoms. The molecule has 1 rings (SSSR count). The first-order chi connectivity index (χ1) is 7.67. The summed E-state index contributed by atoms with van der Waals surface area (Å²) in [7, 11) is 1.58. The quantitative estimate of drug-likeness (QED) is 0.862. The lowest BCUT2D eigenvalue weighted by Gasteiger charge is -2.08. The van der Waals surface area contributed by atoms with Crippen LogP contribution in [0.3, 0.4) is 0 Å². The van der Waals surface area contributed by atoms with Gasteiger partial charge in [-0.15, -0.1) is 12.3 Å². The number of hydrogen-bond acceptors (Lipinski definition) is 2. The van der Waals surface area contributed by atoms with Crippen molar-refractivity contribution in [3.05, 3.63) is 22.7 Å². The summed E-state index contributed by atoms with van der Waals surface area (Å²) in [6.07, 6.45) is 5.84. The summed E-state index contributed by atoms with van der Waals surface area (Å²) in [6, 6.07) is 5.37. The molecule has 3 nitrogen and oxygen atoms in total. The molecule has 0 aromatic heterocycles. The molecule has 1 aromatic rings. The summed E-state index contributed by atoms with van der Waals surface area (Å²) in [5.74, 6) is 3.01. The van der Waals surface area contributed by atoms with Gasteiger partial charge < -0.3 is 10.1 Å². The number of methoxy groups -OCH3 is 1. The Morgan fingerprint density at radius 2 is 2.38 bits per heavy atom. The van der Waals surface area contributed by atoms with E-state index in [0.717, 1.165) is 4.47 Å². The fourth-order valence-electron chi connectivity index (χ4n) is 1.13. The predicted octanol–water partition coefficient (Wildman–Crippen LogP) is 2.81. The number of rotatable bonds is 4. The van der Waals surface area contributed by atoms with Gasteiger partial charge in [0, 0.05) is 23.4 Å². The molecule has 4 heteroatoms. The van der Waals surface area contributed by atoms with Gasteiger partial charge in [0.2, 0.25) is 5.91 Å². The Morgan fingerprint density at radius 3 is 3.00 bits per heavy atom. The van der Waals surface area contributed by atoms with Crippen LogP contribution in [-0.4, -0.2) is 13.0 Å². The highest BCUT2D eigenvalue weighted by molar-refractivity contribution is 9.10. The van der Waals surface area contributed by atoms with E-state index in [9.17, 15) is 4.79 Å². The van der Waals surface area contributed by atoms with Crippen molar-refractivity contribution in [1.82, 2.24) is 0 Å². The molecule has 1 N–H and O–H groups in total. The Hall–Kier alpha value is -1.47. The van der Waals surface area contributed by atoms with Crippen LogP contribution in [0.15, 0.2) is 22.7 Å². The molecule has 0 radical (unpaired) electrons. The number of amides is 1. The molecular formula is C12H12BrNO2. The molecule has 0 saturated heterocycles. The number of carbonyl (C=O) groups excluding carboxylic acids is 1. The molecule has 0 heterocycles. The second-order valence-electron chi connectivity index (χ2n) is 3.10. The van der Waals surface area contributed by atoms with Crippen LogP contribution in [0.1, 0.15) is 12.8 Å². The van der Waals surface area contributed by atoms with Gasteiger partial charge in [0.25, 0.3) is 0 Å². The highest BCUT2D eigenvalue weighted by Gasteiger charge is 2.06. The van der Waals surface area contributed by atoms with Crippen LogP contribution < -0.4 is 10.1 Å². The third-order valence-corrected chi connectivity index (χ3v) is 2.64. The molecule has 0 aliphatic rings. The number of nitrogens with one attached hydrogen (secondary N) is 1. The number of benzene rings is 1. The van der Waals surface area contributed by atoms with Crippen LogP contribution in [0.2, 0.25) is 0 Å². The number of halogens is 1. The molecule has 0 unspecified atom stereocenters. The Kier molecular flexibility index (Phi) is 4.87. The highest BCUT2D eigenvalue weighted by Crippen LogP contribution is 2.27. The van der Waals surface area contributed by atoms with Crippen LogP contribution in [0.25, 0.3) is 0 Å². The maximum atomic E-state index is 11.5. The number of anilines is 1. The van der Waals surface area contributed by atoms with Crippen molar-refractivity contribution in [1.29, 1.82) is 0 Å².